The number of halogens is 1. The van der Waals surface area contributed by atoms with Crippen LogP contribution in [0.1, 0.15) is 19.3 Å². The van der Waals surface area contributed by atoms with Crippen LogP contribution >= 0.6 is 11.6 Å². The summed E-state index contributed by atoms with van der Waals surface area (Å²) in [6.45, 7) is 1.02. The van der Waals surface area contributed by atoms with Crippen LogP contribution in [0.2, 0.25) is 5.15 Å². The highest BCUT2D eigenvalue weighted by Crippen LogP contribution is 2.19. The third-order valence-corrected chi connectivity index (χ3v) is 2.92. The predicted octanol–water partition coefficient (Wildman–Crippen LogP) is 3.50. The minimum Gasteiger partial charge on any atom is -0.384 e. The maximum Gasteiger partial charge on any atom is 0.129 e. The van der Waals surface area contributed by atoms with E-state index in [1.54, 1.807) is 6.20 Å². The number of hydrogen-bond donors (Lipinski definition) is 1. The van der Waals surface area contributed by atoms with Gasteiger partial charge in [0, 0.05) is 6.54 Å². The van der Waals surface area contributed by atoms with Gasteiger partial charge in [0.25, 0.3) is 0 Å². The molecule has 1 aromatic rings. The second kappa shape index (κ2) is 5.17. The zero-order chi connectivity index (χ0) is 10.5. The molecule has 0 unspecified atom stereocenters. The van der Waals surface area contributed by atoms with E-state index < -0.39 is 0 Å². The van der Waals surface area contributed by atoms with Gasteiger partial charge in [-0.3, -0.25) is 0 Å². The van der Waals surface area contributed by atoms with Gasteiger partial charge in [-0.25, -0.2) is 4.98 Å². The van der Waals surface area contributed by atoms with E-state index in [9.17, 15) is 0 Å². The van der Waals surface area contributed by atoms with Crippen molar-refractivity contribution >= 4 is 17.3 Å². The van der Waals surface area contributed by atoms with Gasteiger partial charge < -0.3 is 5.32 Å². The molecule has 1 aliphatic carbocycles. The molecular formula is C12H15ClN2. The van der Waals surface area contributed by atoms with Gasteiger partial charge in [0.05, 0.1) is 11.9 Å². The summed E-state index contributed by atoms with van der Waals surface area (Å²) in [5.41, 5.74) is 1.05. The Morgan fingerprint density at radius 2 is 2.33 bits per heavy atom. The molecule has 0 saturated carbocycles. The second-order valence-corrected chi connectivity index (χ2v) is 4.29. The van der Waals surface area contributed by atoms with E-state index >= 15 is 0 Å². The molecule has 2 nitrogen and oxygen atoms in total. The Kier molecular flexibility index (Phi) is 3.62. The Morgan fingerprint density at radius 1 is 1.40 bits per heavy atom. The third-order valence-electron chi connectivity index (χ3n) is 2.70. The molecule has 0 amide bonds. The van der Waals surface area contributed by atoms with Crippen molar-refractivity contribution in [2.75, 3.05) is 11.9 Å². The monoisotopic (exact) mass is 222 g/mol. The fourth-order valence-corrected chi connectivity index (χ4v) is 1.90. The quantitative estimate of drug-likeness (QED) is 0.626. The molecule has 0 fully saturated rings. The van der Waals surface area contributed by atoms with Crippen molar-refractivity contribution in [3.05, 3.63) is 35.6 Å². The van der Waals surface area contributed by atoms with Gasteiger partial charge >= 0.3 is 0 Å². The number of pyridine rings is 1. The molecule has 15 heavy (non-hydrogen) atoms. The first-order valence-corrected chi connectivity index (χ1v) is 5.73. The van der Waals surface area contributed by atoms with E-state index in [2.05, 4.69) is 22.5 Å². The average molecular weight is 223 g/mol. The van der Waals surface area contributed by atoms with E-state index in [1.165, 1.54) is 19.3 Å². The Hall–Kier alpha value is -1.02. The van der Waals surface area contributed by atoms with E-state index in [0.717, 1.165) is 18.2 Å². The summed E-state index contributed by atoms with van der Waals surface area (Å²) < 4.78 is 0. The molecule has 0 saturated heterocycles. The number of anilines is 1. The second-order valence-electron chi connectivity index (χ2n) is 3.90. The Balaban J connectivity index is 1.82. The van der Waals surface area contributed by atoms with Crippen LogP contribution in [0.15, 0.2) is 30.5 Å². The number of hydrogen-bond acceptors (Lipinski definition) is 2. The van der Waals surface area contributed by atoms with E-state index in [0.29, 0.717) is 5.15 Å². The highest BCUT2D eigenvalue weighted by atomic mass is 35.5. The minimum atomic E-state index is 0.543. The number of rotatable bonds is 3. The summed E-state index contributed by atoms with van der Waals surface area (Å²) in [6.07, 6.45) is 10.0. The molecule has 0 aromatic carbocycles. The van der Waals surface area contributed by atoms with Crippen molar-refractivity contribution in [1.29, 1.82) is 0 Å². The minimum absolute atomic E-state index is 0.543. The largest absolute Gasteiger partial charge is 0.384 e. The lowest BCUT2D eigenvalue weighted by atomic mass is 9.94. The summed E-state index contributed by atoms with van der Waals surface area (Å²) in [5, 5.41) is 3.93. The molecule has 80 valence electrons. The third kappa shape index (κ3) is 3.24. The molecule has 2 rings (SSSR count). The van der Waals surface area contributed by atoms with Crippen molar-refractivity contribution in [3.63, 3.8) is 0 Å². The molecule has 0 radical (unpaired) electrons. The lowest BCUT2D eigenvalue weighted by Gasteiger charge is -2.18. The molecule has 3 heteroatoms. The lowest BCUT2D eigenvalue weighted by Crippen LogP contribution is -2.15. The molecule has 1 aromatic heterocycles. The molecule has 1 aliphatic rings. The van der Waals surface area contributed by atoms with Crippen molar-refractivity contribution in [2.45, 2.75) is 19.3 Å². The SMILES string of the molecule is Clc1ccc(NC[C@@H]2CC=CCC2)cn1. The van der Waals surface area contributed by atoms with E-state index in [4.69, 9.17) is 11.6 Å². The maximum atomic E-state index is 5.71. The molecule has 0 bridgehead atoms. The first-order chi connectivity index (χ1) is 7.34. The fraction of sp³-hybridized carbons (Fsp3) is 0.417. The number of nitrogens with zero attached hydrogens (tertiary/aromatic N) is 1. The van der Waals surface area contributed by atoms with Crippen LogP contribution in [0.5, 0.6) is 0 Å². The molecule has 1 heterocycles. The first kappa shape index (κ1) is 10.5. The fourth-order valence-electron chi connectivity index (χ4n) is 1.78. The maximum absolute atomic E-state index is 5.71. The first-order valence-electron chi connectivity index (χ1n) is 5.35. The lowest BCUT2D eigenvalue weighted by molar-refractivity contribution is 0.504. The van der Waals surface area contributed by atoms with Crippen LogP contribution in [0.4, 0.5) is 5.69 Å². The van der Waals surface area contributed by atoms with Crippen molar-refractivity contribution in [3.8, 4) is 0 Å². The number of aromatic nitrogens is 1. The van der Waals surface area contributed by atoms with Gasteiger partial charge in [0.15, 0.2) is 0 Å². The van der Waals surface area contributed by atoms with Gasteiger partial charge in [-0.1, -0.05) is 23.8 Å². The summed E-state index contributed by atoms with van der Waals surface area (Å²) >= 11 is 5.71. The van der Waals surface area contributed by atoms with Gasteiger partial charge in [-0.05, 0) is 37.3 Å². The van der Waals surface area contributed by atoms with Gasteiger partial charge in [-0.15, -0.1) is 0 Å². The molecule has 0 spiro atoms. The molecule has 1 atom stereocenters. The topological polar surface area (TPSA) is 24.9 Å². The molecule has 1 N–H and O–H groups in total. The smallest absolute Gasteiger partial charge is 0.129 e. The predicted molar refractivity (Wildman–Crippen MR) is 64.2 cm³/mol. The van der Waals surface area contributed by atoms with Crippen molar-refractivity contribution in [1.82, 2.24) is 4.98 Å². The zero-order valence-corrected chi connectivity index (χ0v) is 9.37. The van der Waals surface area contributed by atoms with E-state index in [-0.39, 0.29) is 0 Å². The molecular weight excluding hydrogens is 208 g/mol. The highest BCUT2D eigenvalue weighted by Gasteiger charge is 2.08. The Labute approximate surface area is 95.4 Å². The number of nitrogens with one attached hydrogen (secondary N) is 1. The number of allylic oxidation sites excluding steroid dienone is 2. The summed E-state index contributed by atoms with van der Waals surface area (Å²) in [7, 11) is 0. The summed E-state index contributed by atoms with van der Waals surface area (Å²) in [4.78, 5) is 4.03. The average Bonchev–Trinajstić information content (AvgIpc) is 2.30. The standard InChI is InChI=1S/C12H15ClN2/c13-12-7-6-11(9-15-12)14-8-10-4-2-1-3-5-10/h1-2,6-7,9-10,14H,3-5,8H2/t10-/m1/s1. The van der Waals surface area contributed by atoms with Crippen LogP contribution in [-0.2, 0) is 0 Å². The Morgan fingerprint density at radius 3 is 3.00 bits per heavy atom. The summed E-state index contributed by atoms with van der Waals surface area (Å²) in [5.74, 6) is 0.755. The van der Waals surface area contributed by atoms with Gasteiger partial charge in [0.1, 0.15) is 5.15 Å². The van der Waals surface area contributed by atoms with Gasteiger partial charge in [-0.2, -0.15) is 0 Å². The Bertz CT molecular complexity index is 332. The van der Waals surface area contributed by atoms with Crippen LogP contribution in [0, 0.1) is 5.92 Å². The van der Waals surface area contributed by atoms with Crippen LogP contribution in [0.25, 0.3) is 0 Å². The van der Waals surface area contributed by atoms with Gasteiger partial charge in [0.2, 0.25) is 0 Å². The molecule has 0 aliphatic heterocycles. The van der Waals surface area contributed by atoms with Crippen LogP contribution in [0.3, 0.4) is 0 Å². The van der Waals surface area contributed by atoms with Crippen molar-refractivity contribution in [2.24, 2.45) is 5.92 Å². The zero-order valence-electron chi connectivity index (χ0n) is 8.62. The van der Waals surface area contributed by atoms with E-state index in [1.807, 2.05) is 12.1 Å². The summed E-state index contributed by atoms with van der Waals surface area (Å²) in [6, 6.07) is 3.78. The van der Waals surface area contributed by atoms with Crippen molar-refractivity contribution < 1.29 is 0 Å². The normalized spacial score (nSPS) is 20.2. The highest BCUT2D eigenvalue weighted by molar-refractivity contribution is 6.29. The van der Waals surface area contributed by atoms with Crippen LogP contribution in [-0.4, -0.2) is 11.5 Å². The van der Waals surface area contributed by atoms with Crippen LogP contribution < -0.4 is 5.32 Å².